The summed E-state index contributed by atoms with van der Waals surface area (Å²) < 4.78 is 13.3. The molecular formula is C13H15ClFN3O. The Morgan fingerprint density at radius 2 is 2.21 bits per heavy atom. The monoisotopic (exact) mass is 283 g/mol. The van der Waals surface area contributed by atoms with Crippen LogP contribution in [0.25, 0.3) is 0 Å². The summed E-state index contributed by atoms with van der Waals surface area (Å²) >= 11 is 5.55. The molecule has 4 heterocycles. The molecule has 0 aliphatic carbocycles. The number of fused-ring (bicyclic) bond motifs is 3. The van der Waals surface area contributed by atoms with E-state index in [4.69, 9.17) is 11.6 Å². The van der Waals surface area contributed by atoms with Crippen LogP contribution in [0.1, 0.15) is 23.3 Å². The maximum Gasteiger partial charge on any atom is 0.270 e. The maximum atomic E-state index is 13.3. The van der Waals surface area contributed by atoms with E-state index in [1.54, 1.807) is 0 Å². The summed E-state index contributed by atoms with van der Waals surface area (Å²) in [5.74, 6) is -0.406. The normalized spacial score (nSPS) is 29.3. The zero-order chi connectivity index (χ0) is 13.4. The Hall–Kier alpha value is -1.20. The lowest BCUT2D eigenvalue weighted by atomic mass is 9.84. The van der Waals surface area contributed by atoms with Crippen molar-refractivity contribution in [3.8, 4) is 0 Å². The predicted molar refractivity (Wildman–Crippen MR) is 69.6 cm³/mol. The van der Waals surface area contributed by atoms with Crippen molar-refractivity contribution in [3.05, 3.63) is 28.8 Å². The number of hydrogen-bond acceptors (Lipinski definition) is 3. The van der Waals surface area contributed by atoms with Crippen LogP contribution >= 0.6 is 11.6 Å². The van der Waals surface area contributed by atoms with E-state index in [0.717, 1.165) is 38.5 Å². The number of piperidine rings is 3. The average molecular weight is 284 g/mol. The van der Waals surface area contributed by atoms with Crippen molar-refractivity contribution >= 4 is 17.5 Å². The minimum Gasteiger partial charge on any atom is -0.346 e. The third-order valence-corrected chi connectivity index (χ3v) is 4.29. The van der Waals surface area contributed by atoms with Gasteiger partial charge < -0.3 is 10.2 Å². The molecule has 0 saturated carbocycles. The highest BCUT2D eigenvalue weighted by atomic mass is 35.5. The molecule has 4 nitrogen and oxygen atoms in total. The molecule has 4 rings (SSSR count). The molecule has 6 heteroatoms. The van der Waals surface area contributed by atoms with Crippen LogP contribution < -0.4 is 5.32 Å². The summed E-state index contributed by atoms with van der Waals surface area (Å²) in [6, 6.07) is 1.23. The second-order valence-electron chi connectivity index (χ2n) is 5.20. The molecule has 102 valence electrons. The number of carbonyl (C=O) groups excluding carboxylic acids is 1. The summed E-state index contributed by atoms with van der Waals surface area (Å²) in [6.07, 6.45) is 3.41. The summed E-state index contributed by atoms with van der Waals surface area (Å²) in [7, 11) is 0. The first kappa shape index (κ1) is 12.8. The number of nitrogens with one attached hydrogen (secondary N) is 1. The number of hydrogen-bond donors (Lipinski definition) is 1. The van der Waals surface area contributed by atoms with Gasteiger partial charge in [-0.05, 0) is 31.8 Å². The summed E-state index contributed by atoms with van der Waals surface area (Å²) in [6.45, 7) is 3.11. The number of amides is 1. The first-order valence-corrected chi connectivity index (χ1v) is 6.85. The third kappa shape index (κ3) is 2.58. The van der Waals surface area contributed by atoms with Crippen LogP contribution in [0.5, 0.6) is 0 Å². The van der Waals surface area contributed by atoms with Crippen molar-refractivity contribution < 1.29 is 9.18 Å². The van der Waals surface area contributed by atoms with Gasteiger partial charge in [0, 0.05) is 24.8 Å². The van der Waals surface area contributed by atoms with Gasteiger partial charge in [0.25, 0.3) is 5.91 Å². The Kier molecular flexibility index (Phi) is 3.41. The molecule has 0 spiro atoms. The Balaban J connectivity index is 1.69. The largest absolute Gasteiger partial charge is 0.346 e. The minimum absolute atomic E-state index is 0.0700. The molecule has 3 fully saturated rings. The molecule has 1 atom stereocenters. The molecule has 1 aromatic heterocycles. The molecule has 3 aliphatic rings. The van der Waals surface area contributed by atoms with Gasteiger partial charge in [-0.2, -0.15) is 0 Å². The van der Waals surface area contributed by atoms with Crippen LogP contribution in [0.4, 0.5) is 4.39 Å². The highest BCUT2D eigenvalue weighted by Crippen LogP contribution is 2.27. The molecule has 0 aromatic carbocycles. The fraction of sp³-hybridized carbons (Fsp3) is 0.538. The van der Waals surface area contributed by atoms with Gasteiger partial charge in [0.1, 0.15) is 11.5 Å². The number of aromatic nitrogens is 1. The lowest BCUT2D eigenvalue weighted by Crippen LogP contribution is -2.57. The molecule has 1 amide bonds. The van der Waals surface area contributed by atoms with Crippen LogP contribution in [0.15, 0.2) is 12.3 Å². The molecule has 1 N–H and O–H groups in total. The number of carbonyl (C=O) groups is 1. The maximum absolute atomic E-state index is 13.3. The fourth-order valence-electron chi connectivity index (χ4n) is 2.91. The average Bonchev–Trinajstić information content (AvgIpc) is 2.43. The van der Waals surface area contributed by atoms with Gasteiger partial charge in [-0.25, -0.2) is 9.37 Å². The van der Waals surface area contributed by atoms with E-state index in [1.165, 1.54) is 6.20 Å². The van der Waals surface area contributed by atoms with Gasteiger partial charge in [-0.3, -0.25) is 4.79 Å². The van der Waals surface area contributed by atoms with Crippen LogP contribution in [-0.2, 0) is 0 Å². The van der Waals surface area contributed by atoms with Crippen LogP contribution in [0.3, 0.4) is 0 Å². The summed E-state index contributed by atoms with van der Waals surface area (Å²) in [4.78, 5) is 18.3. The first-order valence-electron chi connectivity index (χ1n) is 6.48. The zero-order valence-corrected chi connectivity index (χ0v) is 11.2. The van der Waals surface area contributed by atoms with Gasteiger partial charge in [0.05, 0.1) is 5.02 Å². The van der Waals surface area contributed by atoms with E-state index in [-0.39, 0.29) is 22.7 Å². The van der Waals surface area contributed by atoms with Crippen molar-refractivity contribution in [1.29, 1.82) is 0 Å². The van der Waals surface area contributed by atoms with Gasteiger partial charge in [0.15, 0.2) is 0 Å². The highest BCUT2D eigenvalue weighted by molar-refractivity contribution is 6.30. The van der Waals surface area contributed by atoms with Crippen molar-refractivity contribution in [2.24, 2.45) is 5.92 Å². The van der Waals surface area contributed by atoms with E-state index >= 15 is 0 Å². The second kappa shape index (κ2) is 5.06. The second-order valence-corrected chi connectivity index (χ2v) is 5.61. The molecule has 19 heavy (non-hydrogen) atoms. The smallest absolute Gasteiger partial charge is 0.270 e. The van der Waals surface area contributed by atoms with Gasteiger partial charge in [0.2, 0.25) is 0 Å². The van der Waals surface area contributed by atoms with E-state index < -0.39 is 5.82 Å². The molecule has 3 aliphatic heterocycles. The molecule has 1 unspecified atom stereocenters. The van der Waals surface area contributed by atoms with E-state index in [9.17, 15) is 9.18 Å². The summed E-state index contributed by atoms with van der Waals surface area (Å²) in [5, 5.41) is 2.89. The SMILES string of the molecule is O=C(NC1CN2CCC1CC2)c1cc(F)c(Cl)cn1. The lowest BCUT2D eigenvalue weighted by Gasteiger charge is -2.44. The predicted octanol–water partition coefficient (Wildman–Crippen LogP) is 1.70. The number of pyridine rings is 1. The van der Waals surface area contributed by atoms with E-state index in [1.807, 2.05) is 0 Å². The van der Waals surface area contributed by atoms with Crippen LogP contribution in [0, 0.1) is 11.7 Å². The van der Waals surface area contributed by atoms with Crippen molar-refractivity contribution in [3.63, 3.8) is 0 Å². The van der Waals surface area contributed by atoms with Gasteiger partial charge >= 0.3 is 0 Å². The molecule has 1 aromatic rings. The number of nitrogens with zero attached hydrogens (tertiary/aromatic N) is 2. The molecule has 2 bridgehead atoms. The Labute approximate surface area is 115 Å². The van der Waals surface area contributed by atoms with Gasteiger partial charge in [-0.15, -0.1) is 0 Å². The van der Waals surface area contributed by atoms with Gasteiger partial charge in [-0.1, -0.05) is 11.6 Å². The van der Waals surface area contributed by atoms with Crippen molar-refractivity contribution in [2.45, 2.75) is 18.9 Å². The number of rotatable bonds is 2. The topological polar surface area (TPSA) is 45.2 Å². The lowest BCUT2D eigenvalue weighted by molar-refractivity contribution is 0.0617. The quantitative estimate of drug-likeness (QED) is 0.898. The Morgan fingerprint density at radius 3 is 2.79 bits per heavy atom. The minimum atomic E-state index is -0.615. The Bertz CT molecular complexity index is 503. The van der Waals surface area contributed by atoms with Crippen LogP contribution in [-0.4, -0.2) is 41.5 Å². The third-order valence-electron chi connectivity index (χ3n) is 4.01. The molecule has 0 radical (unpaired) electrons. The first-order chi connectivity index (χ1) is 9.13. The zero-order valence-electron chi connectivity index (χ0n) is 10.4. The molecular weight excluding hydrogens is 269 g/mol. The highest BCUT2D eigenvalue weighted by Gasteiger charge is 2.35. The van der Waals surface area contributed by atoms with Crippen molar-refractivity contribution in [1.82, 2.24) is 15.2 Å². The van der Waals surface area contributed by atoms with Crippen molar-refractivity contribution in [2.75, 3.05) is 19.6 Å². The van der Waals surface area contributed by atoms with E-state index in [0.29, 0.717) is 5.92 Å². The fourth-order valence-corrected chi connectivity index (χ4v) is 3.01. The summed E-state index contributed by atoms with van der Waals surface area (Å²) in [5.41, 5.74) is 0.0818. The van der Waals surface area contributed by atoms with Crippen LogP contribution in [0.2, 0.25) is 5.02 Å². The van der Waals surface area contributed by atoms with E-state index in [2.05, 4.69) is 15.2 Å². The number of halogens is 2. The standard InChI is InChI=1S/C13H15ClFN3O/c14-9-6-16-11(5-10(9)15)13(19)17-12-7-18-3-1-8(12)2-4-18/h5-6,8,12H,1-4,7H2,(H,17,19). The molecule has 3 saturated heterocycles. The Morgan fingerprint density at radius 1 is 1.47 bits per heavy atom.